The number of amides is 1. The van der Waals surface area contributed by atoms with E-state index in [0.717, 1.165) is 50.3 Å². The maximum atomic E-state index is 12.8. The van der Waals surface area contributed by atoms with Gasteiger partial charge in [0.2, 0.25) is 5.91 Å². The maximum absolute atomic E-state index is 12.8. The summed E-state index contributed by atoms with van der Waals surface area (Å²) in [6, 6.07) is 0. The molecule has 0 bridgehead atoms. The van der Waals surface area contributed by atoms with Crippen LogP contribution in [0.2, 0.25) is 0 Å². The second-order valence-corrected chi connectivity index (χ2v) is 7.59. The zero-order valence-corrected chi connectivity index (χ0v) is 14.5. The summed E-state index contributed by atoms with van der Waals surface area (Å²) in [7, 11) is 0. The zero-order valence-electron chi connectivity index (χ0n) is 14.5. The van der Waals surface area contributed by atoms with Crippen molar-refractivity contribution >= 4 is 5.91 Å². The van der Waals surface area contributed by atoms with Gasteiger partial charge in [0.05, 0.1) is 5.69 Å². The molecule has 0 aromatic carbocycles. The normalized spacial score (nSPS) is 25.3. The van der Waals surface area contributed by atoms with Gasteiger partial charge >= 0.3 is 0 Å². The lowest BCUT2D eigenvalue weighted by molar-refractivity contribution is -0.137. The lowest BCUT2D eigenvalue weighted by Crippen LogP contribution is -2.41. The summed E-state index contributed by atoms with van der Waals surface area (Å²) in [6.07, 6.45) is 11.1. The van der Waals surface area contributed by atoms with Crippen LogP contribution < -0.4 is 5.32 Å². The van der Waals surface area contributed by atoms with Crippen molar-refractivity contribution in [2.75, 3.05) is 19.6 Å². The first-order chi connectivity index (χ1) is 11.8. The topological polar surface area (TPSA) is 58.1 Å². The third kappa shape index (κ3) is 3.32. The van der Waals surface area contributed by atoms with Gasteiger partial charge in [0.25, 0.3) is 0 Å². The van der Waals surface area contributed by atoms with E-state index in [9.17, 15) is 4.79 Å². The van der Waals surface area contributed by atoms with E-state index in [1.165, 1.54) is 37.8 Å². The Hall–Kier alpha value is -1.49. The van der Waals surface area contributed by atoms with Crippen LogP contribution >= 0.6 is 0 Å². The molecule has 1 amide bonds. The fourth-order valence-corrected chi connectivity index (χ4v) is 4.40. The minimum atomic E-state index is 0.258. The van der Waals surface area contributed by atoms with E-state index in [1.54, 1.807) is 0 Å². The number of hydrogen-bond donors (Lipinski definition) is 1. The summed E-state index contributed by atoms with van der Waals surface area (Å²) >= 11 is 0. The Morgan fingerprint density at radius 1 is 1.17 bits per heavy atom. The van der Waals surface area contributed by atoms with E-state index in [1.807, 2.05) is 11.1 Å². The largest absolute Gasteiger partial charge is 0.338 e. The van der Waals surface area contributed by atoms with Crippen LogP contribution in [0.1, 0.15) is 67.9 Å². The molecule has 1 aliphatic carbocycles. The molecule has 3 aliphatic rings. The van der Waals surface area contributed by atoms with Crippen molar-refractivity contribution in [3.8, 4) is 0 Å². The quantitative estimate of drug-likeness (QED) is 0.906. The summed E-state index contributed by atoms with van der Waals surface area (Å²) < 4.78 is 0. The number of hydrogen-bond acceptors (Lipinski definition) is 4. The van der Waals surface area contributed by atoms with E-state index >= 15 is 0 Å². The predicted octanol–water partition coefficient (Wildman–Crippen LogP) is 2.41. The van der Waals surface area contributed by atoms with Crippen molar-refractivity contribution in [1.29, 1.82) is 0 Å². The van der Waals surface area contributed by atoms with Crippen molar-refractivity contribution in [2.24, 2.45) is 5.92 Å². The van der Waals surface area contributed by atoms with Gasteiger partial charge in [-0.3, -0.25) is 4.79 Å². The summed E-state index contributed by atoms with van der Waals surface area (Å²) in [6.45, 7) is 3.63. The van der Waals surface area contributed by atoms with Gasteiger partial charge in [-0.25, -0.2) is 9.97 Å². The molecule has 2 fully saturated rings. The molecular formula is C19H28N4O. The Kier molecular flexibility index (Phi) is 4.79. The standard InChI is InChI=1S/C19H28N4O/c24-19(14-5-2-1-3-6-14)23-10-8-17-16(13-23)12-21-18(22-17)15-7-4-9-20-11-15/h12,14-15,20H,1-11,13H2/t15-/m1/s1. The first-order valence-electron chi connectivity index (χ1n) is 9.65. The average Bonchev–Trinajstić information content (AvgIpc) is 2.68. The van der Waals surface area contributed by atoms with Crippen LogP contribution in [-0.2, 0) is 17.8 Å². The molecule has 1 aromatic rings. The lowest BCUT2D eigenvalue weighted by Gasteiger charge is -2.33. The lowest BCUT2D eigenvalue weighted by atomic mass is 9.88. The van der Waals surface area contributed by atoms with Crippen molar-refractivity contribution < 1.29 is 4.79 Å². The van der Waals surface area contributed by atoms with Crippen molar-refractivity contribution in [3.05, 3.63) is 23.3 Å². The third-order valence-electron chi connectivity index (χ3n) is 5.88. The fraction of sp³-hybridized carbons (Fsp3) is 0.737. The van der Waals surface area contributed by atoms with Crippen LogP contribution in [0, 0.1) is 5.92 Å². The Balaban J connectivity index is 1.44. The minimum Gasteiger partial charge on any atom is -0.338 e. The number of aromatic nitrogens is 2. The SMILES string of the molecule is O=C(C1CCCCC1)N1CCc2nc([C@@H]3CCCNC3)ncc2C1. The second kappa shape index (κ2) is 7.18. The molecule has 0 spiro atoms. The summed E-state index contributed by atoms with van der Waals surface area (Å²) in [5.41, 5.74) is 2.32. The summed E-state index contributed by atoms with van der Waals surface area (Å²) in [5.74, 6) is 2.06. The van der Waals surface area contributed by atoms with Crippen LogP contribution in [0.25, 0.3) is 0 Å². The van der Waals surface area contributed by atoms with Crippen LogP contribution in [0.4, 0.5) is 0 Å². The van der Waals surface area contributed by atoms with Gasteiger partial charge in [-0.1, -0.05) is 19.3 Å². The highest BCUT2D eigenvalue weighted by atomic mass is 16.2. The summed E-state index contributed by atoms with van der Waals surface area (Å²) in [4.78, 5) is 24.3. The van der Waals surface area contributed by atoms with Crippen molar-refractivity contribution in [2.45, 2.75) is 63.8 Å². The monoisotopic (exact) mass is 328 g/mol. The van der Waals surface area contributed by atoms with Crippen molar-refractivity contribution in [3.63, 3.8) is 0 Å². The highest BCUT2D eigenvalue weighted by molar-refractivity contribution is 5.79. The van der Waals surface area contributed by atoms with E-state index < -0.39 is 0 Å². The van der Waals surface area contributed by atoms with Crippen molar-refractivity contribution in [1.82, 2.24) is 20.2 Å². The third-order valence-corrected chi connectivity index (χ3v) is 5.88. The number of nitrogens with zero attached hydrogens (tertiary/aromatic N) is 3. The van der Waals surface area contributed by atoms with Gasteiger partial charge in [0.1, 0.15) is 5.82 Å². The molecule has 1 N–H and O–H groups in total. The average molecular weight is 328 g/mol. The van der Waals surface area contributed by atoms with Gasteiger partial charge in [0.15, 0.2) is 0 Å². The smallest absolute Gasteiger partial charge is 0.225 e. The maximum Gasteiger partial charge on any atom is 0.225 e. The number of nitrogens with one attached hydrogen (secondary N) is 1. The molecule has 0 unspecified atom stereocenters. The van der Waals surface area contributed by atoms with Gasteiger partial charge in [-0.15, -0.1) is 0 Å². The predicted molar refractivity (Wildman–Crippen MR) is 92.6 cm³/mol. The van der Waals surface area contributed by atoms with Crippen LogP contribution in [0.3, 0.4) is 0 Å². The van der Waals surface area contributed by atoms with E-state index in [2.05, 4.69) is 10.3 Å². The Bertz CT molecular complexity index is 591. The Morgan fingerprint density at radius 3 is 2.83 bits per heavy atom. The molecule has 1 atom stereocenters. The van der Waals surface area contributed by atoms with Crippen LogP contribution in [0.15, 0.2) is 6.20 Å². The molecule has 24 heavy (non-hydrogen) atoms. The van der Waals surface area contributed by atoms with Crippen LogP contribution in [0.5, 0.6) is 0 Å². The number of carbonyl (C=O) groups excluding carboxylic acids is 1. The molecule has 1 saturated heterocycles. The van der Waals surface area contributed by atoms with E-state index in [0.29, 0.717) is 18.4 Å². The Morgan fingerprint density at radius 2 is 2.04 bits per heavy atom. The zero-order chi connectivity index (χ0) is 16.4. The molecule has 130 valence electrons. The molecule has 4 rings (SSSR count). The molecule has 0 radical (unpaired) electrons. The van der Waals surface area contributed by atoms with Crippen LogP contribution in [-0.4, -0.2) is 40.4 Å². The summed E-state index contributed by atoms with van der Waals surface area (Å²) in [5, 5.41) is 3.44. The van der Waals surface area contributed by atoms with E-state index in [4.69, 9.17) is 4.98 Å². The number of fused-ring (bicyclic) bond motifs is 1. The second-order valence-electron chi connectivity index (χ2n) is 7.59. The highest BCUT2D eigenvalue weighted by Gasteiger charge is 2.29. The van der Waals surface area contributed by atoms with Gasteiger partial charge < -0.3 is 10.2 Å². The molecule has 1 saturated carbocycles. The van der Waals surface area contributed by atoms with Gasteiger partial charge in [0, 0.05) is 49.7 Å². The van der Waals surface area contributed by atoms with Gasteiger partial charge in [-0.2, -0.15) is 0 Å². The molecule has 3 heterocycles. The Labute approximate surface area is 144 Å². The molecule has 5 heteroatoms. The van der Waals surface area contributed by atoms with Gasteiger partial charge in [-0.05, 0) is 32.2 Å². The molecule has 2 aliphatic heterocycles. The number of rotatable bonds is 2. The fourth-order valence-electron chi connectivity index (χ4n) is 4.40. The van der Waals surface area contributed by atoms with E-state index in [-0.39, 0.29) is 5.92 Å². The minimum absolute atomic E-state index is 0.258. The first kappa shape index (κ1) is 16.0. The molecule has 1 aromatic heterocycles. The molecule has 5 nitrogen and oxygen atoms in total. The number of carbonyl (C=O) groups is 1. The first-order valence-corrected chi connectivity index (χ1v) is 9.65. The number of piperidine rings is 1. The molecular weight excluding hydrogens is 300 g/mol. The highest BCUT2D eigenvalue weighted by Crippen LogP contribution is 2.28.